The van der Waals surface area contributed by atoms with E-state index in [1.807, 2.05) is 12.1 Å². The van der Waals surface area contributed by atoms with Crippen molar-refractivity contribution < 1.29 is 4.42 Å². The van der Waals surface area contributed by atoms with Crippen LogP contribution in [-0.2, 0) is 0 Å². The minimum absolute atomic E-state index is 0.638. The number of benzene rings is 9. The van der Waals surface area contributed by atoms with Crippen LogP contribution in [-0.4, -0.2) is 14.5 Å². The van der Waals surface area contributed by atoms with Crippen LogP contribution in [0, 0.1) is 0 Å². The zero-order chi connectivity index (χ0) is 35.8. The summed E-state index contributed by atoms with van der Waals surface area (Å²) >= 11 is 1.74. The third kappa shape index (κ3) is 3.94. The van der Waals surface area contributed by atoms with Crippen molar-refractivity contribution in [3.8, 4) is 17.2 Å². The molecule has 4 nitrogen and oxygen atoms in total. The fourth-order valence-electron chi connectivity index (χ4n) is 9.20. The highest BCUT2D eigenvalue weighted by Gasteiger charge is 2.24. The molecule has 4 heterocycles. The Balaban J connectivity index is 1.23. The summed E-state index contributed by atoms with van der Waals surface area (Å²) in [5.74, 6) is 0.638. The Morgan fingerprint density at radius 2 is 1.09 bits per heavy atom. The van der Waals surface area contributed by atoms with Gasteiger partial charge in [-0.1, -0.05) is 127 Å². The molecule has 0 amide bonds. The summed E-state index contributed by atoms with van der Waals surface area (Å²) in [6.45, 7) is 0. The molecule has 4 aromatic heterocycles. The van der Waals surface area contributed by atoms with Crippen molar-refractivity contribution in [3.63, 3.8) is 0 Å². The molecule has 0 unspecified atom stereocenters. The van der Waals surface area contributed by atoms with Crippen LogP contribution in [0.4, 0.5) is 0 Å². The van der Waals surface area contributed by atoms with E-state index in [0.717, 1.165) is 59.8 Å². The van der Waals surface area contributed by atoms with Gasteiger partial charge in [-0.25, -0.2) is 9.97 Å². The Hall–Kier alpha value is -7.08. The van der Waals surface area contributed by atoms with Gasteiger partial charge in [0.1, 0.15) is 11.2 Å². The Kier molecular flexibility index (Phi) is 5.74. The number of nitrogens with zero attached hydrogens (tertiary/aromatic N) is 3. The minimum Gasteiger partial charge on any atom is -0.455 e. The van der Waals surface area contributed by atoms with Crippen molar-refractivity contribution in [2.24, 2.45) is 0 Å². The fourth-order valence-corrected chi connectivity index (χ4v) is 10.3. The molecular weight excluding hydrogens is 691 g/mol. The number of aromatic nitrogens is 3. The van der Waals surface area contributed by atoms with Gasteiger partial charge in [-0.15, -0.1) is 11.3 Å². The molecule has 55 heavy (non-hydrogen) atoms. The maximum absolute atomic E-state index is 6.64. The fraction of sp³-hybridized carbons (Fsp3) is 0. The van der Waals surface area contributed by atoms with Crippen LogP contribution in [0.3, 0.4) is 0 Å². The first-order chi connectivity index (χ1) is 27.3. The molecule has 0 spiro atoms. The molecule has 13 rings (SSSR count). The molecule has 9 aromatic carbocycles. The van der Waals surface area contributed by atoms with E-state index < -0.39 is 0 Å². The quantitative estimate of drug-likeness (QED) is 0.167. The molecule has 5 heteroatoms. The van der Waals surface area contributed by atoms with Crippen LogP contribution < -0.4 is 0 Å². The van der Waals surface area contributed by atoms with Gasteiger partial charge >= 0.3 is 0 Å². The van der Waals surface area contributed by atoms with Gasteiger partial charge in [0.25, 0.3) is 0 Å². The molecule has 0 aliphatic rings. The number of fused-ring (bicyclic) bond motifs is 17. The van der Waals surface area contributed by atoms with Crippen LogP contribution in [0.1, 0.15) is 0 Å². The number of hydrogen-bond acceptors (Lipinski definition) is 4. The minimum atomic E-state index is 0.638. The topological polar surface area (TPSA) is 43.9 Å². The maximum Gasteiger partial charge on any atom is 0.235 e. The summed E-state index contributed by atoms with van der Waals surface area (Å²) in [5.41, 5.74) is 6.64. The van der Waals surface area contributed by atoms with Gasteiger partial charge in [0.05, 0.1) is 26.9 Å². The average molecular weight is 718 g/mol. The Bertz CT molecular complexity index is 3760. The van der Waals surface area contributed by atoms with Crippen LogP contribution in [0.25, 0.3) is 124 Å². The number of para-hydroxylation sites is 2. The molecule has 0 bridgehead atoms. The summed E-state index contributed by atoms with van der Waals surface area (Å²) < 4.78 is 11.2. The van der Waals surface area contributed by atoms with E-state index in [1.165, 1.54) is 58.6 Å². The molecule has 13 aromatic rings. The smallest absolute Gasteiger partial charge is 0.235 e. The zero-order valence-corrected chi connectivity index (χ0v) is 30.1. The van der Waals surface area contributed by atoms with E-state index in [-0.39, 0.29) is 0 Å². The molecule has 0 saturated carbocycles. The first-order valence-corrected chi connectivity index (χ1v) is 19.4. The standard InChI is InChI=1S/C50H27N3OS/c1-2-13-29-27-41-39(26-28(29)12-1)45-40(25-24-35-32-16-4-3-14-30(32)31-15-5-6-18-34(31)44(35)45)53(41)50-51-46-37-19-8-10-23-43(37)55-49(46)47(52-50)38-21-11-20-36-33-17-7-9-22-42(33)54-48(36)38/h1-27H. The summed E-state index contributed by atoms with van der Waals surface area (Å²) in [6.07, 6.45) is 0. The number of rotatable bonds is 2. The monoisotopic (exact) mass is 717 g/mol. The molecule has 0 fully saturated rings. The molecular formula is C50H27N3OS. The maximum atomic E-state index is 6.64. The lowest BCUT2D eigenvalue weighted by molar-refractivity contribution is 0.670. The molecule has 0 atom stereocenters. The van der Waals surface area contributed by atoms with E-state index in [0.29, 0.717) is 5.95 Å². The lowest BCUT2D eigenvalue weighted by Crippen LogP contribution is -2.03. The van der Waals surface area contributed by atoms with Crippen LogP contribution in [0.2, 0.25) is 0 Å². The second-order valence-electron chi connectivity index (χ2n) is 14.5. The first kappa shape index (κ1) is 29.4. The van der Waals surface area contributed by atoms with Gasteiger partial charge in [0.2, 0.25) is 5.95 Å². The Labute approximate surface area is 317 Å². The van der Waals surface area contributed by atoms with Crippen molar-refractivity contribution >= 4 is 118 Å². The lowest BCUT2D eigenvalue weighted by Gasteiger charge is -2.13. The highest BCUT2D eigenvalue weighted by atomic mass is 32.1. The number of furan rings is 1. The highest BCUT2D eigenvalue weighted by molar-refractivity contribution is 7.26. The third-order valence-corrected chi connectivity index (χ3v) is 12.7. The van der Waals surface area contributed by atoms with Gasteiger partial charge < -0.3 is 4.42 Å². The SMILES string of the molecule is c1ccc2cc3c(cc2c1)c1c2c4ccccc4c4ccccc4c2ccc1n3-c1nc(-c2cccc3c2oc2ccccc23)c2sc3ccccc3c2n1. The molecule has 254 valence electrons. The lowest BCUT2D eigenvalue weighted by atomic mass is 9.91. The second-order valence-corrected chi connectivity index (χ2v) is 15.5. The first-order valence-electron chi connectivity index (χ1n) is 18.6. The van der Waals surface area contributed by atoms with E-state index in [2.05, 4.69) is 156 Å². The molecule has 0 N–H and O–H groups in total. The van der Waals surface area contributed by atoms with E-state index in [1.54, 1.807) is 11.3 Å². The van der Waals surface area contributed by atoms with Gasteiger partial charge in [0, 0.05) is 42.6 Å². The number of hydrogen-bond donors (Lipinski definition) is 0. The van der Waals surface area contributed by atoms with Crippen molar-refractivity contribution in [1.29, 1.82) is 0 Å². The Morgan fingerprint density at radius 3 is 1.91 bits per heavy atom. The summed E-state index contributed by atoms with van der Waals surface area (Å²) in [5, 5.41) is 15.6. The van der Waals surface area contributed by atoms with Crippen molar-refractivity contribution in [1.82, 2.24) is 14.5 Å². The summed E-state index contributed by atoms with van der Waals surface area (Å²) in [6, 6.07) is 58.8. The largest absolute Gasteiger partial charge is 0.455 e. The van der Waals surface area contributed by atoms with Crippen LogP contribution in [0.15, 0.2) is 168 Å². The molecule has 0 aliphatic carbocycles. The normalized spacial score (nSPS) is 12.4. The third-order valence-electron chi connectivity index (χ3n) is 11.6. The number of thiophene rings is 1. The van der Waals surface area contributed by atoms with E-state index in [9.17, 15) is 0 Å². The molecule has 0 radical (unpaired) electrons. The van der Waals surface area contributed by atoms with Crippen molar-refractivity contribution in [2.45, 2.75) is 0 Å². The van der Waals surface area contributed by atoms with Gasteiger partial charge in [-0.3, -0.25) is 4.57 Å². The average Bonchev–Trinajstić information content (AvgIpc) is 3.92. The highest BCUT2D eigenvalue weighted by Crippen LogP contribution is 2.46. The zero-order valence-electron chi connectivity index (χ0n) is 29.2. The van der Waals surface area contributed by atoms with E-state index in [4.69, 9.17) is 14.4 Å². The Morgan fingerprint density at radius 1 is 0.455 bits per heavy atom. The van der Waals surface area contributed by atoms with Crippen molar-refractivity contribution in [2.75, 3.05) is 0 Å². The van der Waals surface area contributed by atoms with Crippen LogP contribution in [0.5, 0.6) is 0 Å². The van der Waals surface area contributed by atoms with Crippen molar-refractivity contribution in [3.05, 3.63) is 164 Å². The second kappa shape index (κ2) is 10.8. The van der Waals surface area contributed by atoms with Gasteiger partial charge in [-0.2, -0.15) is 0 Å². The summed E-state index contributed by atoms with van der Waals surface area (Å²) in [4.78, 5) is 11.1. The summed E-state index contributed by atoms with van der Waals surface area (Å²) in [7, 11) is 0. The van der Waals surface area contributed by atoms with Gasteiger partial charge in [-0.05, 0) is 74.1 Å². The predicted octanol–water partition coefficient (Wildman–Crippen LogP) is 14.1. The predicted molar refractivity (Wildman–Crippen MR) is 232 cm³/mol. The molecule has 0 aliphatic heterocycles. The van der Waals surface area contributed by atoms with E-state index >= 15 is 0 Å². The molecule has 0 saturated heterocycles. The van der Waals surface area contributed by atoms with Crippen LogP contribution >= 0.6 is 11.3 Å². The van der Waals surface area contributed by atoms with Gasteiger partial charge in [0.15, 0.2) is 0 Å².